The number of aliphatic hydroxyl groups excluding tert-OH is 1. The molecule has 0 rings (SSSR count). The Hall–Kier alpha value is -0.0800. The van der Waals surface area contributed by atoms with Crippen molar-refractivity contribution in [3.63, 3.8) is 0 Å². The summed E-state index contributed by atoms with van der Waals surface area (Å²) in [6.07, 6.45) is 2.00. The maximum atomic E-state index is 8.48. The number of rotatable bonds is 4. The molecule has 0 radical (unpaired) electrons. The van der Waals surface area contributed by atoms with Gasteiger partial charge in [-0.25, -0.2) is 0 Å². The van der Waals surface area contributed by atoms with Crippen LogP contribution in [0.4, 0.5) is 0 Å². The van der Waals surface area contributed by atoms with E-state index in [0.29, 0.717) is 12.6 Å². The summed E-state index contributed by atoms with van der Waals surface area (Å²) in [7, 11) is 4.12. The average Bonchev–Trinajstić information content (AvgIpc) is 1.82. The molecule has 0 aromatic carbocycles. The van der Waals surface area contributed by atoms with Gasteiger partial charge in [-0.3, -0.25) is 0 Å². The van der Waals surface area contributed by atoms with Crippen LogP contribution in [0.1, 0.15) is 19.8 Å². The van der Waals surface area contributed by atoms with Gasteiger partial charge < -0.3 is 10.0 Å². The lowest BCUT2D eigenvalue weighted by molar-refractivity contribution is 0.243. The van der Waals surface area contributed by atoms with Gasteiger partial charge in [0.2, 0.25) is 0 Å². The predicted molar refractivity (Wildman–Crippen MR) is 39.5 cm³/mol. The topological polar surface area (TPSA) is 23.5 Å². The minimum atomic E-state index is 0.318. The van der Waals surface area contributed by atoms with Crippen molar-refractivity contribution in [3.05, 3.63) is 0 Å². The van der Waals surface area contributed by atoms with Crippen LogP contribution >= 0.6 is 0 Å². The van der Waals surface area contributed by atoms with E-state index in [0.717, 1.165) is 12.8 Å². The Labute approximate surface area is 57.5 Å². The van der Waals surface area contributed by atoms with Gasteiger partial charge in [-0.2, -0.15) is 0 Å². The molecule has 0 bridgehead atoms. The van der Waals surface area contributed by atoms with E-state index in [9.17, 15) is 0 Å². The molecule has 0 fully saturated rings. The normalized spacial score (nSPS) is 14.3. The highest BCUT2D eigenvalue weighted by Crippen LogP contribution is 2.00. The molecule has 9 heavy (non-hydrogen) atoms. The third-order valence-electron chi connectivity index (χ3n) is 1.66. The van der Waals surface area contributed by atoms with Gasteiger partial charge in [-0.1, -0.05) is 0 Å². The summed E-state index contributed by atoms with van der Waals surface area (Å²) in [5.74, 6) is 0. The van der Waals surface area contributed by atoms with Crippen molar-refractivity contribution in [1.82, 2.24) is 4.90 Å². The third-order valence-corrected chi connectivity index (χ3v) is 1.66. The molecule has 1 atom stereocenters. The minimum Gasteiger partial charge on any atom is -0.396 e. The van der Waals surface area contributed by atoms with Gasteiger partial charge in [0.15, 0.2) is 0 Å². The van der Waals surface area contributed by atoms with Crippen molar-refractivity contribution in [3.8, 4) is 0 Å². The van der Waals surface area contributed by atoms with Crippen LogP contribution in [0.5, 0.6) is 0 Å². The second-order valence-corrected chi connectivity index (χ2v) is 2.68. The average molecular weight is 131 g/mol. The Bertz CT molecular complexity index is 63.9. The fourth-order valence-electron chi connectivity index (χ4n) is 0.645. The maximum absolute atomic E-state index is 8.48. The van der Waals surface area contributed by atoms with Gasteiger partial charge in [0.05, 0.1) is 0 Å². The zero-order valence-corrected chi connectivity index (χ0v) is 6.59. The van der Waals surface area contributed by atoms with E-state index in [1.807, 2.05) is 0 Å². The monoisotopic (exact) mass is 131 g/mol. The van der Waals surface area contributed by atoms with E-state index >= 15 is 0 Å². The van der Waals surface area contributed by atoms with Crippen molar-refractivity contribution >= 4 is 0 Å². The molecular weight excluding hydrogens is 114 g/mol. The molecule has 0 saturated heterocycles. The highest BCUT2D eigenvalue weighted by atomic mass is 16.2. The number of hydrogen-bond acceptors (Lipinski definition) is 2. The van der Waals surface area contributed by atoms with Gasteiger partial charge in [0.1, 0.15) is 0 Å². The lowest BCUT2D eigenvalue weighted by atomic mass is 10.2. The molecule has 0 spiro atoms. The molecule has 0 aliphatic rings. The summed E-state index contributed by atoms with van der Waals surface area (Å²) in [4.78, 5) is 2.16. The standard InChI is InChI=1S/C7H17NO/c1-7(8(2)3)5-4-6-9/h7,9H,4-6H2,1-3H3. The molecule has 0 aliphatic carbocycles. The van der Waals surface area contributed by atoms with Crippen molar-refractivity contribution in [2.75, 3.05) is 20.7 Å². The van der Waals surface area contributed by atoms with Crippen LogP contribution < -0.4 is 0 Å². The molecule has 1 unspecified atom stereocenters. The Morgan fingerprint density at radius 2 is 2.00 bits per heavy atom. The largest absolute Gasteiger partial charge is 0.396 e. The molecule has 0 amide bonds. The lowest BCUT2D eigenvalue weighted by Crippen LogP contribution is -2.24. The number of hydrogen-bond donors (Lipinski definition) is 1. The van der Waals surface area contributed by atoms with Gasteiger partial charge in [-0.15, -0.1) is 0 Å². The van der Waals surface area contributed by atoms with Crippen molar-refractivity contribution < 1.29 is 5.11 Å². The van der Waals surface area contributed by atoms with Crippen LogP contribution in [0.15, 0.2) is 0 Å². The summed E-state index contributed by atoms with van der Waals surface area (Å²) < 4.78 is 0. The van der Waals surface area contributed by atoms with E-state index in [2.05, 4.69) is 25.9 Å². The zero-order valence-electron chi connectivity index (χ0n) is 6.59. The highest BCUT2D eigenvalue weighted by molar-refractivity contribution is 4.57. The molecule has 0 aliphatic heterocycles. The first-order chi connectivity index (χ1) is 4.18. The van der Waals surface area contributed by atoms with Crippen molar-refractivity contribution in [2.45, 2.75) is 25.8 Å². The van der Waals surface area contributed by atoms with Crippen LogP contribution in [0.25, 0.3) is 0 Å². The fourth-order valence-corrected chi connectivity index (χ4v) is 0.645. The second-order valence-electron chi connectivity index (χ2n) is 2.68. The molecule has 56 valence electrons. The molecule has 0 aromatic heterocycles. The Morgan fingerprint density at radius 3 is 2.33 bits per heavy atom. The van der Waals surface area contributed by atoms with Crippen molar-refractivity contribution in [2.24, 2.45) is 0 Å². The zero-order chi connectivity index (χ0) is 7.28. The molecule has 0 heterocycles. The summed E-state index contributed by atoms with van der Waals surface area (Å²) in [6, 6.07) is 0.595. The molecule has 0 aromatic rings. The SMILES string of the molecule is CC(CCCO)N(C)C. The first kappa shape index (κ1) is 8.92. The molecule has 2 nitrogen and oxygen atoms in total. The maximum Gasteiger partial charge on any atom is 0.0431 e. The van der Waals surface area contributed by atoms with Crippen LogP contribution in [-0.4, -0.2) is 36.8 Å². The smallest absolute Gasteiger partial charge is 0.0431 e. The number of aliphatic hydroxyl groups is 1. The first-order valence-electron chi connectivity index (χ1n) is 3.45. The Kier molecular flexibility index (Phi) is 4.72. The van der Waals surface area contributed by atoms with Crippen LogP contribution in [0.2, 0.25) is 0 Å². The van der Waals surface area contributed by atoms with Gasteiger partial charge in [0, 0.05) is 12.6 Å². The summed E-state index contributed by atoms with van der Waals surface area (Å²) in [5.41, 5.74) is 0. The van der Waals surface area contributed by atoms with Gasteiger partial charge >= 0.3 is 0 Å². The lowest BCUT2D eigenvalue weighted by Gasteiger charge is -2.18. The summed E-state index contributed by atoms with van der Waals surface area (Å²) in [6.45, 7) is 2.48. The predicted octanol–water partition coefficient (Wildman–Crippen LogP) is 0.709. The quantitative estimate of drug-likeness (QED) is 0.607. The minimum absolute atomic E-state index is 0.318. The highest BCUT2D eigenvalue weighted by Gasteiger charge is 2.01. The first-order valence-corrected chi connectivity index (χ1v) is 3.45. The van der Waals surface area contributed by atoms with E-state index in [-0.39, 0.29) is 0 Å². The summed E-state index contributed by atoms with van der Waals surface area (Å²) in [5, 5.41) is 8.48. The summed E-state index contributed by atoms with van der Waals surface area (Å²) >= 11 is 0. The van der Waals surface area contributed by atoms with Crippen LogP contribution in [-0.2, 0) is 0 Å². The van der Waals surface area contributed by atoms with Crippen LogP contribution in [0.3, 0.4) is 0 Å². The van der Waals surface area contributed by atoms with Crippen LogP contribution in [0, 0.1) is 0 Å². The van der Waals surface area contributed by atoms with E-state index in [4.69, 9.17) is 5.11 Å². The molecular formula is C7H17NO. The Balaban J connectivity index is 3.16. The van der Waals surface area contributed by atoms with E-state index < -0.39 is 0 Å². The number of nitrogens with zero attached hydrogens (tertiary/aromatic N) is 1. The third kappa shape index (κ3) is 4.43. The molecule has 1 N–H and O–H groups in total. The fraction of sp³-hybridized carbons (Fsp3) is 1.00. The Morgan fingerprint density at radius 1 is 1.44 bits per heavy atom. The van der Waals surface area contributed by atoms with Gasteiger partial charge in [-0.05, 0) is 33.9 Å². The van der Waals surface area contributed by atoms with Gasteiger partial charge in [0.25, 0.3) is 0 Å². The van der Waals surface area contributed by atoms with E-state index in [1.54, 1.807) is 0 Å². The van der Waals surface area contributed by atoms with E-state index in [1.165, 1.54) is 0 Å². The van der Waals surface area contributed by atoms with Crippen molar-refractivity contribution in [1.29, 1.82) is 0 Å². The molecule has 2 heteroatoms. The molecule has 0 saturated carbocycles. The second kappa shape index (κ2) is 4.77.